The van der Waals surface area contributed by atoms with E-state index in [2.05, 4.69) is 5.10 Å². The van der Waals surface area contributed by atoms with Crippen molar-refractivity contribution >= 4 is 16.8 Å². The predicted molar refractivity (Wildman–Crippen MR) is 72.3 cm³/mol. The summed E-state index contributed by atoms with van der Waals surface area (Å²) in [6, 6.07) is 7.66. The third kappa shape index (κ3) is 1.85. The molecule has 0 amide bonds. The summed E-state index contributed by atoms with van der Waals surface area (Å²) in [5.41, 5.74) is 2.18. The van der Waals surface area contributed by atoms with Gasteiger partial charge in [0.25, 0.3) is 0 Å². The molecule has 3 aromatic rings. The standard InChI is InChI=1S/C15H14N2O2/c1-3-17-9-11(8-16-17)14(18)15-10(2)12-6-4-5-7-13(12)19-15/h4-9H,3H2,1-2H3. The molecule has 2 heterocycles. The van der Waals surface area contributed by atoms with Crippen molar-refractivity contribution in [2.75, 3.05) is 0 Å². The molecule has 0 atom stereocenters. The number of aryl methyl sites for hydroxylation is 2. The summed E-state index contributed by atoms with van der Waals surface area (Å²) in [7, 11) is 0. The minimum atomic E-state index is -0.117. The number of nitrogens with zero attached hydrogens (tertiary/aromatic N) is 2. The van der Waals surface area contributed by atoms with Gasteiger partial charge in [-0.05, 0) is 19.9 Å². The molecule has 0 aliphatic heterocycles. The fourth-order valence-electron chi connectivity index (χ4n) is 2.18. The van der Waals surface area contributed by atoms with Crippen LogP contribution >= 0.6 is 0 Å². The fraction of sp³-hybridized carbons (Fsp3) is 0.200. The number of aromatic nitrogens is 2. The molecular weight excluding hydrogens is 240 g/mol. The fourth-order valence-corrected chi connectivity index (χ4v) is 2.18. The smallest absolute Gasteiger partial charge is 0.231 e. The van der Waals surface area contributed by atoms with Crippen LogP contribution < -0.4 is 0 Å². The molecule has 0 aliphatic carbocycles. The second-order valence-corrected chi connectivity index (χ2v) is 4.47. The number of hydrogen-bond donors (Lipinski definition) is 0. The number of rotatable bonds is 3. The Morgan fingerprint density at radius 2 is 2.16 bits per heavy atom. The molecule has 0 fully saturated rings. The summed E-state index contributed by atoms with van der Waals surface area (Å²) in [6.07, 6.45) is 3.33. The first-order chi connectivity index (χ1) is 9.20. The predicted octanol–water partition coefficient (Wildman–Crippen LogP) is 3.19. The van der Waals surface area contributed by atoms with Gasteiger partial charge in [-0.1, -0.05) is 18.2 Å². The molecule has 0 saturated carbocycles. The molecule has 19 heavy (non-hydrogen) atoms. The van der Waals surface area contributed by atoms with Gasteiger partial charge in [-0.3, -0.25) is 9.48 Å². The minimum Gasteiger partial charge on any atom is -0.452 e. The van der Waals surface area contributed by atoms with Crippen molar-refractivity contribution in [2.45, 2.75) is 20.4 Å². The lowest BCUT2D eigenvalue weighted by atomic mass is 10.1. The molecule has 2 aromatic heterocycles. The van der Waals surface area contributed by atoms with E-state index in [1.807, 2.05) is 38.1 Å². The van der Waals surface area contributed by atoms with Crippen LogP contribution in [-0.4, -0.2) is 15.6 Å². The summed E-state index contributed by atoms with van der Waals surface area (Å²) < 4.78 is 7.40. The van der Waals surface area contributed by atoms with Gasteiger partial charge >= 0.3 is 0 Å². The molecule has 0 radical (unpaired) electrons. The van der Waals surface area contributed by atoms with Crippen molar-refractivity contribution in [1.82, 2.24) is 9.78 Å². The van der Waals surface area contributed by atoms with Crippen LogP contribution in [0.3, 0.4) is 0 Å². The lowest BCUT2D eigenvalue weighted by molar-refractivity contribution is 0.101. The van der Waals surface area contributed by atoms with Crippen molar-refractivity contribution in [1.29, 1.82) is 0 Å². The van der Waals surface area contributed by atoms with Crippen molar-refractivity contribution in [3.8, 4) is 0 Å². The van der Waals surface area contributed by atoms with Gasteiger partial charge in [0.1, 0.15) is 5.58 Å². The molecule has 0 spiro atoms. The lowest BCUT2D eigenvalue weighted by Crippen LogP contribution is -2.00. The van der Waals surface area contributed by atoms with E-state index < -0.39 is 0 Å². The molecular formula is C15H14N2O2. The zero-order valence-corrected chi connectivity index (χ0v) is 10.9. The van der Waals surface area contributed by atoms with Gasteiger partial charge in [-0.25, -0.2) is 0 Å². The number of hydrogen-bond acceptors (Lipinski definition) is 3. The first kappa shape index (κ1) is 11.7. The SMILES string of the molecule is CCn1cc(C(=O)c2oc3ccccc3c2C)cn1. The van der Waals surface area contributed by atoms with Crippen molar-refractivity contribution in [2.24, 2.45) is 0 Å². The van der Waals surface area contributed by atoms with Crippen LogP contribution in [0.4, 0.5) is 0 Å². The topological polar surface area (TPSA) is 48.0 Å². The Labute approximate surface area is 110 Å². The van der Waals surface area contributed by atoms with E-state index in [0.29, 0.717) is 11.3 Å². The maximum absolute atomic E-state index is 12.4. The Morgan fingerprint density at radius 1 is 1.37 bits per heavy atom. The molecule has 4 heteroatoms. The Hall–Kier alpha value is -2.36. The van der Waals surface area contributed by atoms with Crippen molar-refractivity contribution in [3.05, 3.63) is 53.5 Å². The van der Waals surface area contributed by atoms with Gasteiger partial charge in [0, 0.05) is 23.7 Å². The van der Waals surface area contributed by atoms with Crippen LogP contribution in [0.15, 0.2) is 41.1 Å². The number of furan rings is 1. The van der Waals surface area contributed by atoms with Gasteiger partial charge < -0.3 is 4.42 Å². The number of carbonyl (C=O) groups excluding carboxylic acids is 1. The molecule has 0 unspecified atom stereocenters. The van der Waals surface area contributed by atoms with Gasteiger partial charge in [0.2, 0.25) is 5.78 Å². The van der Waals surface area contributed by atoms with Crippen molar-refractivity contribution in [3.63, 3.8) is 0 Å². The Kier molecular flexibility index (Phi) is 2.71. The first-order valence-corrected chi connectivity index (χ1v) is 6.26. The summed E-state index contributed by atoms with van der Waals surface area (Å²) in [5.74, 6) is 0.283. The highest BCUT2D eigenvalue weighted by Crippen LogP contribution is 2.26. The number of carbonyl (C=O) groups is 1. The van der Waals surface area contributed by atoms with E-state index in [-0.39, 0.29) is 5.78 Å². The second-order valence-electron chi connectivity index (χ2n) is 4.47. The summed E-state index contributed by atoms with van der Waals surface area (Å²) in [4.78, 5) is 12.4. The molecule has 0 bridgehead atoms. The number of para-hydroxylation sites is 1. The van der Waals surface area contributed by atoms with E-state index >= 15 is 0 Å². The van der Waals surface area contributed by atoms with Crippen LogP contribution in [0.5, 0.6) is 0 Å². The zero-order valence-electron chi connectivity index (χ0n) is 10.9. The normalized spacial score (nSPS) is 11.1. The number of fused-ring (bicyclic) bond motifs is 1. The largest absolute Gasteiger partial charge is 0.452 e. The quantitative estimate of drug-likeness (QED) is 0.674. The monoisotopic (exact) mass is 254 g/mol. The van der Waals surface area contributed by atoms with Gasteiger partial charge in [0.05, 0.1) is 11.8 Å². The zero-order chi connectivity index (χ0) is 13.4. The van der Waals surface area contributed by atoms with E-state index in [0.717, 1.165) is 23.1 Å². The maximum Gasteiger partial charge on any atom is 0.231 e. The average molecular weight is 254 g/mol. The van der Waals surface area contributed by atoms with Gasteiger partial charge in [0.15, 0.2) is 5.76 Å². The second kappa shape index (κ2) is 4.39. The Balaban J connectivity index is 2.08. The van der Waals surface area contributed by atoms with E-state index in [1.54, 1.807) is 17.1 Å². The lowest BCUT2D eigenvalue weighted by Gasteiger charge is -1.94. The maximum atomic E-state index is 12.4. The minimum absolute atomic E-state index is 0.117. The summed E-state index contributed by atoms with van der Waals surface area (Å²) >= 11 is 0. The Morgan fingerprint density at radius 3 is 2.84 bits per heavy atom. The van der Waals surface area contributed by atoms with E-state index in [1.165, 1.54) is 0 Å². The van der Waals surface area contributed by atoms with Crippen LogP contribution in [0.1, 0.15) is 28.6 Å². The average Bonchev–Trinajstić information content (AvgIpc) is 3.04. The molecule has 1 aromatic carbocycles. The summed E-state index contributed by atoms with van der Waals surface area (Å²) in [5, 5.41) is 5.10. The molecule has 4 nitrogen and oxygen atoms in total. The highest BCUT2D eigenvalue weighted by atomic mass is 16.3. The van der Waals surface area contributed by atoms with Crippen LogP contribution in [-0.2, 0) is 6.54 Å². The number of benzene rings is 1. The Bertz CT molecular complexity index is 752. The molecule has 0 N–H and O–H groups in total. The van der Waals surface area contributed by atoms with Gasteiger partial charge in [-0.15, -0.1) is 0 Å². The summed E-state index contributed by atoms with van der Waals surface area (Å²) in [6.45, 7) is 4.63. The van der Waals surface area contributed by atoms with Crippen molar-refractivity contribution < 1.29 is 9.21 Å². The van der Waals surface area contributed by atoms with E-state index in [4.69, 9.17) is 4.42 Å². The highest BCUT2D eigenvalue weighted by Gasteiger charge is 2.20. The first-order valence-electron chi connectivity index (χ1n) is 6.26. The van der Waals surface area contributed by atoms with Gasteiger partial charge in [-0.2, -0.15) is 5.10 Å². The van der Waals surface area contributed by atoms with Crippen LogP contribution in [0.25, 0.3) is 11.0 Å². The molecule has 0 saturated heterocycles. The third-order valence-electron chi connectivity index (χ3n) is 3.27. The number of ketones is 1. The van der Waals surface area contributed by atoms with Crippen LogP contribution in [0.2, 0.25) is 0 Å². The molecule has 0 aliphatic rings. The highest BCUT2D eigenvalue weighted by molar-refractivity contribution is 6.10. The van der Waals surface area contributed by atoms with Crippen LogP contribution in [0, 0.1) is 6.92 Å². The third-order valence-corrected chi connectivity index (χ3v) is 3.27. The van der Waals surface area contributed by atoms with E-state index in [9.17, 15) is 4.79 Å². The molecule has 96 valence electrons. The molecule has 3 rings (SSSR count).